The second kappa shape index (κ2) is 7.44. The second-order valence-electron chi connectivity index (χ2n) is 6.73. The molecule has 6 heteroatoms. The predicted octanol–water partition coefficient (Wildman–Crippen LogP) is 3.73. The van der Waals surface area contributed by atoms with Crippen LogP contribution in [-0.2, 0) is 19.5 Å². The van der Waals surface area contributed by atoms with E-state index in [9.17, 15) is 4.79 Å². The number of pyridine rings is 1. The minimum Gasteiger partial charge on any atom is -0.474 e. The van der Waals surface area contributed by atoms with Crippen LogP contribution in [0.2, 0.25) is 0 Å². The van der Waals surface area contributed by atoms with Gasteiger partial charge in [0, 0.05) is 36.8 Å². The summed E-state index contributed by atoms with van der Waals surface area (Å²) in [4.78, 5) is 20.0. The lowest BCUT2D eigenvalue weighted by molar-refractivity contribution is 0.192. The normalized spacial score (nSPS) is 17.4. The lowest BCUT2D eigenvalue weighted by Gasteiger charge is -2.27. The minimum absolute atomic E-state index is 0.0110. The molecule has 2 aromatic heterocycles. The zero-order valence-electron chi connectivity index (χ0n) is 14.2. The molecular formula is C19H23N3O2S. The Labute approximate surface area is 152 Å². The summed E-state index contributed by atoms with van der Waals surface area (Å²) in [5.41, 5.74) is 2.27. The number of rotatable bonds is 4. The van der Waals surface area contributed by atoms with E-state index in [1.165, 1.54) is 23.3 Å². The van der Waals surface area contributed by atoms with Gasteiger partial charge in [0.1, 0.15) is 6.10 Å². The Morgan fingerprint density at radius 3 is 3.00 bits per heavy atom. The SMILES string of the molecule is O=C(NCc1ccc(OC2CCCC2)nc1)N1CCc2sccc2C1. The molecule has 25 heavy (non-hydrogen) atoms. The molecule has 1 N–H and O–H groups in total. The number of amides is 2. The molecule has 5 nitrogen and oxygen atoms in total. The van der Waals surface area contributed by atoms with E-state index >= 15 is 0 Å². The van der Waals surface area contributed by atoms with Gasteiger partial charge in [0.25, 0.3) is 0 Å². The lowest BCUT2D eigenvalue weighted by atomic mass is 10.1. The Balaban J connectivity index is 1.27. The highest BCUT2D eigenvalue weighted by Crippen LogP contribution is 2.24. The van der Waals surface area contributed by atoms with Gasteiger partial charge in [-0.25, -0.2) is 9.78 Å². The summed E-state index contributed by atoms with van der Waals surface area (Å²) in [6.45, 7) is 1.98. The van der Waals surface area contributed by atoms with Crippen molar-refractivity contribution in [2.45, 2.75) is 51.3 Å². The molecule has 0 bridgehead atoms. The van der Waals surface area contributed by atoms with Gasteiger partial charge in [0.05, 0.1) is 0 Å². The number of ether oxygens (including phenoxy) is 1. The quantitative estimate of drug-likeness (QED) is 0.907. The Morgan fingerprint density at radius 2 is 2.20 bits per heavy atom. The number of carbonyl (C=O) groups is 1. The van der Waals surface area contributed by atoms with Gasteiger partial charge in [0.2, 0.25) is 5.88 Å². The van der Waals surface area contributed by atoms with E-state index in [-0.39, 0.29) is 6.03 Å². The topological polar surface area (TPSA) is 54.5 Å². The first-order valence-corrected chi connectivity index (χ1v) is 9.85. The summed E-state index contributed by atoms with van der Waals surface area (Å²) < 4.78 is 5.87. The second-order valence-corrected chi connectivity index (χ2v) is 7.73. The molecular weight excluding hydrogens is 334 g/mol. The van der Waals surface area contributed by atoms with Crippen molar-refractivity contribution < 1.29 is 9.53 Å². The lowest BCUT2D eigenvalue weighted by Crippen LogP contribution is -2.42. The molecule has 2 aliphatic rings. The van der Waals surface area contributed by atoms with Gasteiger partial charge in [-0.05, 0) is 54.7 Å². The molecule has 0 unspecified atom stereocenters. The number of nitrogens with zero attached hydrogens (tertiary/aromatic N) is 2. The molecule has 2 aromatic rings. The van der Waals surface area contributed by atoms with Crippen LogP contribution < -0.4 is 10.1 Å². The highest BCUT2D eigenvalue weighted by Gasteiger charge is 2.21. The Bertz CT molecular complexity index is 723. The summed E-state index contributed by atoms with van der Waals surface area (Å²) in [5.74, 6) is 0.683. The molecule has 1 fully saturated rings. The van der Waals surface area contributed by atoms with Crippen LogP contribution in [0.25, 0.3) is 0 Å². The van der Waals surface area contributed by atoms with Crippen LogP contribution in [0.4, 0.5) is 4.79 Å². The van der Waals surface area contributed by atoms with Crippen LogP contribution in [0.5, 0.6) is 5.88 Å². The van der Waals surface area contributed by atoms with Crippen LogP contribution >= 0.6 is 11.3 Å². The summed E-state index contributed by atoms with van der Waals surface area (Å²) in [5, 5.41) is 5.10. The molecule has 1 aliphatic carbocycles. The van der Waals surface area contributed by atoms with Crippen LogP contribution in [-0.4, -0.2) is 28.6 Å². The van der Waals surface area contributed by atoms with E-state index in [2.05, 4.69) is 21.7 Å². The molecule has 0 radical (unpaired) electrons. The van der Waals surface area contributed by atoms with Crippen LogP contribution in [0.1, 0.15) is 41.7 Å². The average molecular weight is 357 g/mol. The zero-order valence-corrected chi connectivity index (χ0v) is 15.1. The third-order valence-electron chi connectivity index (χ3n) is 4.93. The number of thiophene rings is 1. The van der Waals surface area contributed by atoms with E-state index in [1.54, 1.807) is 17.5 Å². The number of fused-ring (bicyclic) bond motifs is 1. The van der Waals surface area contributed by atoms with Crippen LogP contribution in [0, 0.1) is 0 Å². The fourth-order valence-electron chi connectivity index (χ4n) is 3.47. The van der Waals surface area contributed by atoms with Gasteiger partial charge in [-0.1, -0.05) is 6.07 Å². The van der Waals surface area contributed by atoms with Crippen molar-refractivity contribution in [3.05, 3.63) is 45.8 Å². The van der Waals surface area contributed by atoms with Gasteiger partial charge < -0.3 is 15.0 Å². The van der Waals surface area contributed by atoms with Crippen molar-refractivity contribution in [1.29, 1.82) is 0 Å². The van der Waals surface area contributed by atoms with E-state index in [0.717, 1.165) is 31.4 Å². The fourth-order valence-corrected chi connectivity index (χ4v) is 4.36. The smallest absolute Gasteiger partial charge is 0.317 e. The molecule has 1 saturated carbocycles. The summed E-state index contributed by atoms with van der Waals surface area (Å²) >= 11 is 1.78. The largest absolute Gasteiger partial charge is 0.474 e. The number of carbonyl (C=O) groups excluding carboxylic acids is 1. The van der Waals surface area contributed by atoms with E-state index in [0.29, 0.717) is 25.1 Å². The molecule has 0 saturated heterocycles. The van der Waals surface area contributed by atoms with Gasteiger partial charge >= 0.3 is 6.03 Å². The third-order valence-corrected chi connectivity index (χ3v) is 5.95. The van der Waals surface area contributed by atoms with Gasteiger partial charge in [-0.3, -0.25) is 0 Å². The number of hydrogen-bond donors (Lipinski definition) is 1. The first kappa shape index (κ1) is 16.4. The maximum absolute atomic E-state index is 12.4. The van der Waals surface area contributed by atoms with Crippen molar-refractivity contribution in [2.24, 2.45) is 0 Å². The summed E-state index contributed by atoms with van der Waals surface area (Å²) in [7, 11) is 0. The highest BCUT2D eigenvalue weighted by atomic mass is 32.1. The maximum atomic E-state index is 12.4. The number of nitrogens with one attached hydrogen (secondary N) is 1. The van der Waals surface area contributed by atoms with Gasteiger partial charge in [0.15, 0.2) is 0 Å². The molecule has 132 valence electrons. The number of hydrogen-bond acceptors (Lipinski definition) is 4. The van der Waals surface area contributed by atoms with Crippen molar-refractivity contribution in [3.8, 4) is 5.88 Å². The standard InChI is InChI=1S/C19H23N3O2S/c23-19(22-9-7-17-15(13-22)8-10-25-17)21-12-14-5-6-18(20-11-14)24-16-3-1-2-4-16/h5-6,8,10-11,16H,1-4,7,9,12-13H2,(H,21,23). The molecule has 1 aliphatic heterocycles. The molecule has 0 spiro atoms. The Hall–Kier alpha value is -2.08. The van der Waals surface area contributed by atoms with Crippen molar-refractivity contribution >= 4 is 17.4 Å². The molecule has 4 rings (SSSR count). The number of aromatic nitrogens is 1. The summed E-state index contributed by atoms with van der Waals surface area (Å²) in [6, 6.07) is 5.98. The molecule has 0 aromatic carbocycles. The van der Waals surface area contributed by atoms with Crippen LogP contribution in [0.15, 0.2) is 29.8 Å². The first-order valence-electron chi connectivity index (χ1n) is 8.97. The van der Waals surface area contributed by atoms with Crippen molar-refractivity contribution in [2.75, 3.05) is 6.54 Å². The number of urea groups is 1. The Morgan fingerprint density at radius 1 is 1.32 bits per heavy atom. The van der Waals surface area contributed by atoms with Crippen molar-refractivity contribution in [1.82, 2.24) is 15.2 Å². The first-order chi connectivity index (χ1) is 12.3. The molecule has 3 heterocycles. The fraction of sp³-hybridized carbons (Fsp3) is 0.474. The van der Waals surface area contributed by atoms with E-state index < -0.39 is 0 Å². The Kier molecular flexibility index (Phi) is 4.88. The monoisotopic (exact) mass is 357 g/mol. The van der Waals surface area contributed by atoms with Gasteiger partial charge in [-0.2, -0.15) is 0 Å². The zero-order chi connectivity index (χ0) is 17.1. The highest BCUT2D eigenvalue weighted by molar-refractivity contribution is 7.10. The predicted molar refractivity (Wildman–Crippen MR) is 97.8 cm³/mol. The van der Waals surface area contributed by atoms with Crippen LogP contribution in [0.3, 0.4) is 0 Å². The molecule has 0 atom stereocenters. The van der Waals surface area contributed by atoms with E-state index in [1.807, 2.05) is 17.0 Å². The maximum Gasteiger partial charge on any atom is 0.317 e. The summed E-state index contributed by atoms with van der Waals surface area (Å²) in [6.07, 6.45) is 7.81. The third kappa shape index (κ3) is 3.95. The average Bonchev–Trinajstić information content (AvgIpc) is 3.31. The van der Waals surface area contributed by atoms with Gasteiger partial charge in [-0.15, -0.1) is 11.3 Å². The van der Waals surface area contributed by atoms with Crippen molar-refractivity contribution in [3.63, 3.8) is 0 Å². The molecule has 2 amide bonds. The van der Waals surface area contributed by atoms with E-state index in [4.69, 9.17) is 4.74 Å². The minimum atomic E-state index is -0.0110.